The second kappa shape index (κ2) is 6.42. The molecule has 0 spiro atoms. The fourth-order valence-electron chi connectivity index (χ4n) is 3.01. The number of alkyl halides is 3. The van der Waals surface area contributed by atoms with Crippen LogP contribution in [0.2, 0.25) is 0 Å². The molecule has 6 heteroatoms. The predicted molar refractivity (Wildman–Crippen MR) is 79.1 cm³/mol. The van der Waals surface area contributed by atoms with Crippen molar-refractivity contribution < 1.29 is 27.4 Å². The molecule has 0 aromatic rings. The molecule has 0 N–H and O–H groups in total. The van der Waals surface area contributed by atoms with Crippen LogP contribution in [-0.4, -0.2) is 18.4 Å². The van der Waals surface area contributed by atoms with Crippen LogP contribution in [0, 0.1) is 11.8 Å². The molecule has 3 aliphatic carbocycles. The van der Waals surface area contributed by atoms with Gasteiger partial charge in [-0.3, -0.25) is 0 Å². The van der Waals surface area contributed by atoms with Crippen LogP contribution in [0.1, 0.15) is 40.0 Å². The quantitative estimate of drug-likeness (QED) is 0.325. The van der Waals surface area contributed by atoms with Gasteiger partial charge in [0.15, 0.2) is 0 Å². The molecule has 23 heavy (non-hydrogen) atoms. The molecule has 1 saturated carbocycles. The summed E-state index contributed by atoms with van der Waals surface area (Å²) in [5.41, 5.74) is 0.961. The van der Waals surface area contributed by atoms with Crippen molar-refractivity contribution in [1.29, 1.82) is 0 Å². The van der Waals surface area contributed by atoms with Gasteiger partial charge in [0.05, 0.1) is 0 Å². The van der Waals surface area contributed by atoms with E-state index in [0.717, 1.165) is 30.6 Å². The van der Waals surface area contributed by atoms with Crippen LogP contribution < -0.4 is 0 Å². The van der Waals surface area contributed by atoms with E-state index >= 15 is 0 Å². The van der Waals surface area contributed by atoms with Crippen molar-refractivity contribution in [2.75, 3.05) is 0 Å². The van der Waals surface area contributed by atoms with Gasteiger partial charge >= 0.3 is 12.1 Å². The van der Waals surface area contributed by atoms with Gasteiger partial charge in [-0.1, -0.05) is 32.1 Å². The topological polar surface area (TPSA) is 35.5 Å². The number of fused-ring (bicyclic) bond motifs is 4. The van der Waals surface area contributed by atoms with Gasteiger partial charge in [0.1, 0.15) is 11.3 Å². The second-order valence-corrected chi connectivity index (χ2v) is 6.33. The number of ether oxygens (including phenoxy) is 2. The normalized spacial score (nSPS) is 25.6. The van der Waals surface area contributed by atoms with Crippen LogP contribution in [0.25, 0.3) is 0 Å². The fourth-order valence-corrected chi connectivity index (χ4v) is 3.01. The van der Waals surface area contributed by atoms with E-state index in [-0.39, 0.29) is 5.92 Å². The van der Waals surface area contributed by atoms with E-state index < -0.39 is 24.0 Å². The summed E-state index contributed by atoms with van der Waals surface area (Å²) in [6, 6.07) is 0. The van der Waals surface area contributed by atoms with Gasteiger partial charge in [-0.2, -0.15) is 13.2 Å². The lowest BCUT2D eigenvalue weighted by atomic mass is 9.76. The van der Waals surface area contributed by atoms with E-state index in [1.54, 1.807) is 0 Å². The van der Waals surface area contributed by atoms with Gasteiger partial charge in [-0.05, 0) is 30.8 Å². The minimum atomic E-state index is -4.80. The Kier molecular flexibility index (Phi) is 4.92. The van der Waals surface area contributed by atoms with Crippen molar-refractivity contribution in [3.05, 3.63) is 35.1 Å². The zero-order valence-electron chi connectivity index (χ0n) is 13.5. The average Bonchev–Trinajstić information content (AvgIpc) is 2.36. The molecule has 0 radical (unpaired) electrons. The highest BCUT2D eigenvalue weighted by molar-refractivity contribution is 5.89. The highest BCUT2D eigenvalue weighted by atomic mass is 19.4. The van der Waals surface area contributed by atoms with Gasteiger partial charge in [0.2, 0.25) is 6.29 Å². The Balaban J connectivity index is 2.01. The standard InChI is InChI=1S/C17H21F3O3/c1-9-5-10(2)15(14-7-13(6-9)8-14)22-12(4)23-16(21)11(3)17(18,19)20/h6,9-10,12H,3,5,7-8H2,1-2,4H3. The SMILES string of the molecule is C=C(C(=O)OC(C)OC1=C2CC(=CC(C)CC1C)C2)C(F)(F)F. The van der Waals surface area contributed by atoms with Crippen molar-refractivity contribution >= 4 is 5.97 Å². The third-order valence-electron chi connectivity index (χ3n) is 4.08. The van der Waals surface area contributed by atoms with Gasteiger partial charge in [-0.25, -0.2) is 4.79 Å². The zero-order valence-corrected chi connectivity index (χ0v) is 13.5. The monoisotopic (exact) mass is 330 g/mol. The molecule has 3 atom stereocenters. The summed E-state index contributed by atoms with van der Waals surface area (Å²) >= 11 is 0. The van der Waals surface area contributed by atoms with Crippen molar-refractivity contribution in [3.8, 4) is 0 Å². The van der Waals surface area contributed by atoms with E-state index in [1.165, 1.54) is 12.5 Å². The Morgan fingerprint density at radius 3 is 2.52 bits per heavy atom. The highest BCUT2D eigenvalue weighted by Gasteiger charge is 2.39. The van der Waals surface area contributed by atoms with Crippen LogP contribution in [0.5, 0.6) is 0 Å². The summed E-state index contributed by atoms with van der Waals surface area (Å²) in [5.74, 6) is -0.211. The molecule has 128 valence electrons. The summed E-state index contributed by atoms with van der Waals surface area (Å²) in [7, 11) is 0. The molecular weight excluding hydrogens is 309 g/mol. The van der Waals surface area contributed by atoms with Gasteiger partial charge in [-0.15, -0.1) is 0 Å². The molecule has 0 amide bonds. The van der Waals surface area contributed by atoms with Crippen molar-refractivity contribution in [2.24, 2.45) is 11.8 Å². The molecule has 0 aromatic carbocycles. The summed E-state index contributed by atoms with van der Waals surface area (Å²) < 4.78 is 47.7. The van der Waals surface area contributed by atoms with Gasteiger partial charge in [0.25, 0.3) is 0 Å². The number of rotatable bonds is 4. The molecule has 3 rings (SSSR count). The fraction of sp³-hybridized carbons (Fsp3) is 0.588. The minimum absolute atomic E-state index is 0.130. The number of halogens is 3. The number of hydrogen-bond acceptors (Lipinski definition) is 3. The summed E-state index contributed by atoms with van der Waals surface area (Å²) in [5, 5.41) is 0. The minimum Gasteiger partial charge on any atom is -0.459 e. The Labute approximate surface area is 133 Å². The van der Waals surface area contributed by atoms with Crippen LogP contribution in [0.15, 0.2) is 35.1 Å². The molecular formula is C17H21F3O3. The number of allylic oxidation sites excluding steroid dienone is 4. The van der Waals surface area contributed by atoms with Crippen molar-refractivity contribution in [2.45, 2.75) is 52.5 Å². The lowest BCUT2D eigenvalue weighted by Crippen LogP contribution is -2.28. The molecule has 0 heterocycles. The molecule has 0 aromatic heterocycles. The molecule has 3 aliphatic rings. The van der Waals surface area contributed by atoms with E-state index in [9.17, 15) is 18.0 Å². The zero-order chi connectivity index (χ0) is 17.4. The van der Waals surface area contributed by atoms with Crippen LogP contribution in [0.4, 0.5) is 13.2 Å². The predicted octanol–water partition coefficient (Wildman–Crippen LogP) is 4.66. The third kappa shape index (κ3) is 4.18. The maximum atomic E-state index is 12.4. The van der Waals surface area contributed by atoms with E-state index in [2.05, 4.69) is 19.6 Å². The molecule has 3 nitrogen and oxygen atoms in total. The largest absolute Gasteiger partial charge is 0.459 e. The first-order valence-electron chi connectivity index (χ1n) is 7.63. The molecule has 1 fully saturated rings. The number of esters is 1. The lowest BCUT2D eigenvalue weighted by Gasteiger charge is -2.34. The van der Waals surface area contributed by atoms with Crippen molar-refractivity contribution in [1.82, 2.24) is 0 Å². The number of hydrogen-bond donors (Lipinski definition) is 0. The molecule has 2 bridgehead atoms. The first-order valence-corrected chi connectivity index (χ1v) is 7.63. The first kappa shape index (κ1) is 17.6. The van der Waals surface area contributed by atoms with Crippen molar-refractivity contribution in [3.63, 3.8) is 0 Å². The van der Waals surface area contributed by atoms with E-state index in [0.29, 0.717) is 5.92 Å². The maximum Gasteiger partial charge on any atom is 0.422 e. The van der Waals surface area contributed by atoms with E-state index in [1.807, 2.05) is 6.92 Å². The average molecular weight is 330 g/mol. The Morgan fingerprint density at radius 2 is 1.96 bits per heavy atom. The first-order chi connectivity index (χ1) is 10.6. The highest BCUT2D eigenvalue weighted by Crippen LogP contribution is 2.42. The Hall–Kier alpha value is -1.72. The molecule has 0 aliphatic heterocycles. The van der Waals surface area contributed by atoms with E-state index in [4.69, 9.17) is 9.47 Å². The molecule has 3 unspecified atom stereocenters. The van der Waals surface area contributed by atoms with Crippen LogP contribution >= 0.6 is 0 Å². The number of carbonyl (C=O) groups is 1. The maximum absolute atomic E-state index is 12.4. The Morgan fingerprint density at radius 1 is 1.35 bits per heavy atom. The van der Waals surface area contributed by atoms with Crippen LogP contribution in [0.3, 0.4) is 0 Å². The Bertz CT molecular complexity index is 562. The summed E-state index contributed by atoms with van der Waals surface area (Å²) in [6.45, 7) is 8.28. The number of carbonyl (C=O) groups excluding carboxylic acids is 1. The lowest BCUT2D eigenvalue weighted by molar-refractivity contribution is -0.173. The second-order valence-electron chi connectivity index (χ2n) is 6.33. The third-order valence-corrected chi connectivity index (χ3v) is 4.08. The van der Waals surface area contributed by atoms with Gasteiger partial charge < -0.3 is 9.47 Å². The smallest absolute Gasteiger partial charge is 0.422 e. The van der Waals surface area contributed by atoms with Crippen LogP contribution in [-0.2, 0) is 14.3 Å². The molecule has 0 saturated heterocycles. The van der Waals surface area contributed by atoms with Gasteiger partial charge in [0, 0.05) is 12.8 Å². The summed E-state index contributed by atoms with van der Waals surface area (Å²) in [4.78, 5) is 11.4. The summed E-state index contributed by atoms with van der Waals surface area (Å²) in [6.07, 6.45) is -1.06.